The Morgan fingerprint density at radius 2 is 1.38 bits per heavy atom. The van der Waals surface area contributed by atoms with E-state index in [1.54, 1.807) is 61.2 Å². The molecule has 0 bridgehead atoms. The summed E-state index contributed by atoms with van der Waals surface area (Å²) in [6, 6.07) is 12.5. The second kappa shape index (κ2) is 30.1. The van der Waals surface area contributed by atoms with Crippen molar-refractivity contribution in [1.29, 1.82) is 0 Å². The number of nitrogens with two attached hydrogens (primary N) is 1. The summed E-state index contributed by atoms with van der Waals surface area (Å²) < 4.78 is 34.9. The maximum absolute atomic E-state index is 13.6. The maximum atomic E-state index is 13.6. The molecule has 0 saturated heterocycles. The van der Waals surface area contributed by atoms with Gasteiger partial charge in [0.25, 0.3) is 11.8 Å². The van der Waals surface area contributed by atoms with E-state index in [1.165, 1.54) is 25.6 Å². The number of Topliss-reactive ketones (excluding diaryl/α,β-unsaturated/α-hetero) is 1. The van der Waals surface area contributed by atoms with Crippen molar-refractivity contribution >= 4 is 86.3 Å². The summed E-state index contributed by atoms with van der Waals surface area (Å²) in [7, 11) is 3.04. The molecule has 0 saturated carbocycles. The van der Waals surface area contributed by atoms with Crippen molar-refractivity contribution in [3.8, 4) is 23.0 Å². The number of urea groups is 1. The van der Waals surface area contributed by atoms with Crippen LogP contribution in [0.25, 0.3) is 10.1 Å². The number of hydrogen-bond acceptors (Lipinski definition) is 17. The van der Waals surface area contributed by atoms with Gasteiger partial charge in [0, 0.05) is 73.9 Å². The van der Waals surface area contributed by atoms with Crippen LogP contribution < -0.4 is 45.9 Å². The zero-order valence-corrected chi connectivity index (χ0v) is 46.3. The number of ether oxygens (including phenoxy) is 6. The molecular weight excluding hydrogens is 1070 g/mol. The van der Waals surface area contributed by atoms with Gasteiger partial charge in [0.2, 0.25) is 23.6 Å². The Kier molecular flexibility index (Phi) is 22.9. The number of amides is 8. The van der Waals surface area contributed by atoms with Gasteiger partial charge in [0.1, 0.15) is 18.7 Å². The first kappa shape index (κ1) is 61.6. The van der Waals surface area contributed by atoms with Crippen LogP contribution in [0.5, 0.6) is 23.0 Å². The molecule has 4 aromatic rings. The first-order valence-corrected chi connectivity index (χ1v) is 27.0. The van der Waals surface area contributed by atoms with Crippen molar-refractivity contribution in [1.82, 2.24) is 25.8 Å². The summed E-state index contributed by atoms with van der Waals surface area (Å²) in [6.45, 7) is 4.63. The van der Waals surface area contributed by atoms with Gasteiger partial charge in [-0.2, -0.15) is 0 Å². The van der Waals surface area contributed by atoms with Crippen molar-refractivity contribution in [2.45, 2.75) is 97.0 Å². The lowest BCUT2D eigenvalue weighted by atomic mass is 10.0. The molecule has 2 aliphatic heterocycles. The molecule has 3 heterocycles. The second-order valence-electron chi connectivity index (χ2n) is 19.2. The van der Waals surface area contributed by atoms with Crippen LogP contribution in [0.4, 0.5) is 10.5 Å². The van der Waals surface area contributed by atoms with Crippen LogP contribution in [0.1, 0.15) is 91.6 Å². The molecule has 0 aliphatic carbocycles. The first-order chi connectivity index (χ1) is 38.8. The third-order valence-corrected chi connectivity index (χ3v) is 14.0. The molecule has 0 unspecified atom stereocenters. The predicted octanol–water partition coefficient (Wildman–Crippen LogP) is 4.52. The second-order valence-corrected chi connectivity index (χ2v) is 20.3. The van der Waals surface area contributed by atoms with E-state index in [0.29, 0.717) is 58.6 Å². The van der Waals surface area contributed by atoms with E-state index in [4.69, 9.17) is 39.3 Å². The Bertz CT molecular complexity index is 2980. The smallest absolute Gasteiger partial charge is 0.312 e. The normalized spacial score (nSPS) is 13.3. The van der Waals surface area contributed by atoms with Gasteiger partial charge >= 0.3 is 18.0 Å². The van der Waals surface area contributed by atoms with Crippen molar-refractivity contribution in [2.75, 3.05) is 59.1 Å². The molecule has 25 heteroatoms. The molecule has 81 heavy (non-hydrogen) atoms. The molecule has 2 aliphatic rings. The van der Waals surface area contributed by atoms with E-state index in [2.05, 4.69) is 21.3 Å². The average molecular weight is 1140 g/mol. The number of primary amides is 1. The number of esters is 1. The number of thiophene rings is 1. The number of aliphatic carboxylic acids is 1. The zero-order chi connectivity index (χ0) is 58.6. The lowest BCUT2D eigenvalue weighted by molar-refractivity contribution is -0.147. The van der Waals surface area contributed by atoms with E-state index < -0.39 is 59.6 Å². The van der Waals surface area contributed by atoms with E-state index in [-0.39, 0.29) is 109 Å². The molecule has 8 amide bonds. The monoisotopic (exact) mass is 1140 g/mol. The van der Waals surface area contributed by atoms with Gasteiger partial charge in [-0.25, -0.2) is 4.79 Å². The molecule has 0 spiro atoms. The van der Waals surface area contributed by atoms with Crippen molar-refractivity contribution in [3.63, 3.8) is 0 Å². The summed E-state index contributed by atoms with van der Waals surface area (Å²) in [5.41, 5.74) is 7.90. The van der Waals surface area contributed by atoms with Gasteiger partial charge in [0.15, 0.2) is 28.8 Å². The highest BCUT2D eigenvalue weighted by atomic mass is 32.1. The summed E-state index contributed by atoms with van der Waals surface area (Å²) in [4.78, 5) is 127. The van der Waals surface area contributed by atoms with Crippen molar-refractivity contribution in [3.05, 3.63) is 88.3 Å². The average Bonchev–Trinajstić information content (AvgIpc) is 4.21. The highest BCUT2D eigenvalue weighted by Gasteiger charge is 2.30. The molecule has 0 radical (unpaired) electrons. The van der Waals surface area contributed by atoms with Crippen LogP contribution in [0, 0.1) is 5.92 Å². The number of imide groups is 1. The first-order valence-electron chi connectivity index (χ1n) is 26.2. The largest absolute Gasteiger partial charge is 0.493 e. The molecule has 24 nitrogen and oxygen atoms in total. The van der Waals surface area contributed by atoms with Crippen molar-refractivity contribution < 1.29 is 81.5 Å². The number of nitrogens with zero attached hydrogens (tertiary/aromatic N) is 2. The molecule has 3 aromatic carbocycles. The molecular formula is C56H67N7O17S. The molecule has 2 atom stereocenters. The zero-order valence-electron chi connectivity index (χ0n) is 45.5. The van der Waals surface area contributed by atoms with Crippen LogP contribution in [0.15, 0.2) is 66.7 Å². The number of fused-ring (bicyclic) bond motifs is 2. The molecule has 7 N–H and O–H groups in total. The minimum absolute atomic E-state index is 0.0182. The third kappa shape index (κ3) is 18.5. The fourth-order valence-corrected chi connectivity index (χ4v) is 9.54. The van der Waals surface area contributed by atoms with Gasteiger partial charge in [-0.3, -0.25) is 48.1 Å². The Morgan fingerprint density at radius 3 is 2.02 bits per heavy atom. The van der Waals surface area contributed by atoms with E-state index in [9.17, 15) is 47.9 Å². The molecule has 6 rings (SSSR count). The van der Waals surface area contributed by atoms with Crippen LogP contribution in [-0.2, 0) is 67.5 Å². The van der Waals surface area contributed by atoms with E-state index >= 15 is 0 Å². The van der Waals surface area contributed by atoms with Crippen LogP contribution in [0.3, 0.4) is 0 Å². The molecule has 0 fully saturated rings. The number of carboxylic acids is 1. The van der Waals surface area contributed by atoms with Gasteiger partial charge in [-0.15, -0.1) is 11.3 Å². The standard InChI is InChI=1S/C56H67N7O17S/c1-33(2)53(61-47(65)18-23-77-24-20-63-49(67)13-14-50(63)68)55(73)60-39(7-5-19-58-56(57)74)54(72)59-38-10-8-34(9-11-38)32-80-52(71)17-15-48(66)62-30-36-26-41(75-3)44(27-37(36)31-62)79-22-6-21-78-43-25-35-28-46(40(64)12-16-51(69)70)81-45(35)29-42(43)76-4/h8-11,13-14,25-29,33,39,53H,5-7,12,15-24,30-32H2,1-4H3,(H,59,72)(H,60,73)(H,61,65)(H,69,70)(H3,57,58,74)/t39-,53-/m0/s1. The SMILES string of the molecule is COc1cc2c(cc1OCCCOc1cc3cc(C(=O)CCC(=O)O)sc3cc1OC)CN(C(=O)CCC(=O)OCc1ccc(NC(=O)[C@H](CCCNC(N)=O)NC(=O)[C@@H](NC(=O)CCOCCN3C(=O)C=CC3=O)C(C)C)cc1)C2. The fraction of sp³-hybridized carbons (Fsp3) is 0.429. The number of rotatable bonds is 33. The number of ketones is 1. The van der Waals surface area contributed by atoms with Crippen molar-refractivity contribution in [2.24, 2.45) is 11.7 Å². The third-order valence-electron chi connectivity index (χ3n) is 12.9. The maximum Gasteiger partial charge on any atom is 0.312 e. The summed E-state index contributed by atoms with van der Waals surface area (Å²) in [5.74, 6) is -3.14. The summed E-state index contributed by atoms with van der Waals surface area (Å²) in [5, 5.41) is 20.3. The number of carbonyl (C=O) groups excluding carboxylic acids is 9. The minimum Gasteiger partial charge on any atom is -0.493 e. The number of hydrogen-bond donors (Lipinski definition) is 6. The van der Waals surface area contributed by atoms with Gasteiger partial charge in [-0.1, -0.05) is 26.0 Å². The van der Waals surface area contributed by atoms with Gasteiger partial charge in [0.05, 0.1) is 64.9 Å². The van der Waals surface area contributed by atoms with Crippen LogP contribution in [0.2, 0.25) is 0 Å². The molecule has 1 aromatic heterocycles. The lowest BCUT2D eigenvalue weighted by Gasteiger charge is -2.25. The Morgan fingerprint density at radius 1 is 0.728 bits per heavy atom. The highest BCUT2D eigenvalue weighted by molar-refractivity contribution is 7.20. The summed E-state index contributed by atoms with van der Waals surface area (Å²) in [6.07, 6.45) is 2.47. The lowest BCUT2D eigenvalue weighted by Crippen LogP contribution is -2.54. The predicted molar refractivity (Wildman–Crippen MR) is 293 cm³/mol. The fourth-order valence-electron chi connectivity index (χ4n) is 8.50. The van der Waals surface area contributed by atoms with Crippen LogP contribution in [-0.4, -0.2) is 140 Å². The van der Waals surface area contributed by atoms with Crippen LogP contribution >= 0.6 is 11.3 Å². The molecule has 434 valence electrons. The Labute approximate surface area is 470 Å². The Balaban J connectivity index is 0.914. The number of nitrogens with one attached hydrogen (secondary N) is 4. The number of methoxy groups -OCH3 is 2. The highest BCUT2D eigenvalue weighted by Crippen LogP contribution is 2.38. The number of anilines is 1. The number of carbonyl (C=O) groups is 10. The van der Waals surface area contributed by atoms with E-state index in [1.807, 2.05) is 12.1 Å². The number of carboxylic acid groups (broad SMARTS) is 1. The van der Waals surface area contributed by atoms with E-state index in [0.717, 1.165) is 38.3 Å². The number of benzene rings is 3. The topological polar surface area (TPSA) is 327 Å². The summed E-state index contributed by atoms with van der Waals surface area (Å²) >= 11 is 1.26. The van der Waals surface area contributed by atoms with Gasteiger partial charge < -0.3 is 65.4 Å². The van der Waals surface area contributed by atoms with Gasteiger partial charge in [-0.05, 0) is 77.2 Å². The minimum atomic E-state index is -1.10. The Hall–Kier alpha value is -8.58. The quantitative estimate of drug-likeness (QED) is 0.0165.